The summed E-state index contributed by atoms with van der Waals surface area (Å²) in [5.74, 6) is 0.929. The number of aliphatic hydroxyl groups is 1. The fraction of sp³-hybridized carbons (Fsp3) is 0.404. The minimum Gasteiger partial charge on any atom is -0.870 e. The Morgan fingerprint density at radius 2 is 1.29 bits per heavy atom. The van der Waals surface area contributed by atoms with Crippen molar-refractivity contribution in [3.05, 3.63) is 155 Å². The number of ether oxygens (including phenoxy) is 3. The number of aryl methyl sites for hydroxylation is 2. The molecule has 4 aliphatic rings. The number of carbonyl (C=O) groups excluding carboxylic acids is 2. The standard InChI is InChI=1S/C21H23NO2.C9H9ClO.C9H11NO.2C4H8O.Li.H2O/c1-21(2)22(19(23)13-12-15-8-4-3-5-9-15)20-17-11-7-6-10-16(17)14-18(20)24-21;10-9(11)7-6-8-4-2-1-3-5-8;10-9-7-4-2-1-3-6(7)5-8(9)11;1-2-4-5-3-1;1-4(2)5-3;;/h3-11,18,20H,12-14H2,1-2H3;1-5H,6-7H2;1-4,8-9,11H,5,10H2;1-4H2;1H2,2-3H3;;1H2/q;;;;;+1;/p-1/t18-,20+;;8-,9+;;;;/m1.1..../s1. The largest absolute Gasteiger partial charge is 1.00 e. The molecule has 4 N–H and O–H groups in total. The summed E-state index contributed by atoms with van der Waals surface area (Å²) in [6.45, 7) is 11.3. The van der Waals surface area contributed by atoms with Crippen molar-refractivity contribution in [1.82, 2.24) is 4.90 Å². The predicted octanol–water partition coefficient (Wildman–Crippen LogP) is 5.66. The number of fused-ring (bicyclic) bond motifs is 4. The molecule has 0 spiro atoms. The molecule has 0 aromatic heterocycles. The zero-order chi connectivity index (χ0) is 40.5. The number of amides is 1. The van der Waals surface area contributed by atoms with Gasteiger partial charge in [-0.15, -0.1) is 0 Å². The molecular formula is C47H60ClLiN2O7. The third-order valence-corrected chi connectivity index (χ3v) is 10.3. The molecule has 2 saturated heterocycles. The van der Waals surface area contributed by atoms with E-state index >= 15 is 0 Å². The Labute approximate surface area is 362 Å². The maximum atomic E-state index is 13.0. The minimum atomic E-state index is -0.545. The van der Waals surface area contributed by atoms with E-state index in [4.69, 9.17) is 26.8 Å². The van der Waals surface area contributed by atoms with E-state index in [0.29, 0.717) is 19.3 Å². The molecule has 0 saturated carbocycles. The average Bonchev–Trinajstić information content (AvgIpc) is 4.00. The van der Waals surface area contributed by atoms with Gasteiger partial charge in [0.15, 0.2) is 0 Å². The van der Waals surface area contributed by atoms with Gasteiger partial charge in [-0.25, -0.2) is 0 Å². The van der Waals surface area contributed by atoms with Gasteiger partial charge in [0.05, 0.1) is 37.2 Å². The molecule has 11 heteroatoms. The van der Waals surface area contributed by atoms with Crippen molar-refractivity contribution >= 4 is 22.8 Å². The molecule has 8 rings (SSSR count). The monoisotopic (exact) mass is 806 g/mol. The molecule has 0 radical (unpaired) electrons. The number of hydrogen-bond donors (Lipinski definition) is 2. The van der Waals surface area contributed by atoms with Crippen LogP contribution in [0.4, 0.5) is 0 Å². The molecule has 2 fully saturated rings. The number of methoxy groups -OCH3 is 1. The molecule has 0 bridgehead atoms. The second kappa shape index (κ2) is 25.7. The van der Waals surface area contributed by atoms with Gasteiger partial charge in [0.1, 0.15) is 5.72 Å². The van der Waals surface area contributed by atoms with Crippen LogP contribution in [-0.4, -0.2) is 64.9 Å². The first-order valence-electron chi connectivity index (χ1n) is 19.5. The summed E-state index contributed by atoms with van der Waals surface area (Å²) in [4.78, 5) is 25.4. The summed E-state index contributed by atoms with van der Waals surface area (Å²) in [7, 11) is 1.60. The Hall–Kier alpha value is -3.75. The van der Waals surface area contributed by atoms with E-state index in [2.05, 4.69) is 47.7 Å². The van der Waals surface area contributed by atoms with Gasteiger partial charge in [0, 0.05) is 38.9 Å². The van der Waals surface area contributed by atoms with E-state index < -0.39 is 5.72 Å². The predicted molar refractivity (Wildman–Crippen MR) is 226 cm³/mol. The Bertz CT molecular complexity index is 1820. The zero-order valence-corrected chi connectivity index (χ0v) is 35.6. The summed E-state index contributed by atoms with van der Waals surface area (Å²) in [5.41, 5.74) is 12.4. The number of nitrogens with zero attached hydrogens (tertiary/aromatic N) is 1. The summed E-state index contributed by atoms with van der Waals surface area (Å²) < 4.78 is 15.7. The van der Waals surface area contributed by atoms with Crippen molar-refractivity contribution in [3.63, 3.8) is 0 Å². The smallest absolute Gasteiger partial charge is 0.870 e. The Morgan fingerprint density at radius 3 is 1.76 bits per heavy atom. The SMILES string of the molecule is C1CCOC1.C=C(C)OC.CC1(C)O[C@@H]2Cc3ccccc3[C@@H]2N1C(=O)CCc1ccccc1.N[C@H]1c2ccccc2C[C@H]1O.O=C(Cl)CCc1ccccc1.[Li+].[OH-]. The van der Waals surface area contributed by atoms with E-state index in [-0.39, 0.29) is 59.8 Å². The van der Waals surface area contributed by atoms with Gasteiger partial charge in [-0.2, -0.15) is 0 Å². The van der Waals surface area contributed by atoms with Crippen molar-refractivity contribution in [2.24, 2.45) is 5.73 Å². The molecule has 1 amide bonds. The fourth-order valence-corrected chi connectivity index (χ4v) is 7.28. The molecule has 4 aromatic rings. The van der Waals surface area contributed by atoms with Crippen LogP contribution in [-0.2, 0) is 49.5 Å². The van der Waals surface area contributed by atoms with Gasteiger partial charge in [-0.1, -0.05) is 116 Å². The number of allylic oxidation sites excluding steroid dienone is 1. The van der Waals surface area contributed by atoms with Gasteiger partial charge in [0.2, 0.25) is 11.1 Å². The molecule has 2 aliphatic carbocycles. The normalized spacial score (nSPS) is 19.7. The number of hydrogen-bond acceptors (Lipinski definition) is 8. The van der Waals surface area contributed by atoms with Crippen LogP contribution in [0.1, 0.15) is 91.9 Å². The average molecular weight is 807 g/mol. The second-order valence-electron chi connectivity index (χ2n) is 14.8. The van der Waals surface area contributed by atoms with E-state index in [1.807, 2.05) is 91.5 Å². The molecule has 308 valence electrons. The number of halogens is 1. The van der Waals surface area contributed by atoms with Crippen molar-refractivity contribution in [2.45, 2.75) is 102 Å². The molecule has 2 heterocycles. The van der Waals surface area contributed by atoms with Crippen LogP contribution in [0.2, 0.25) is 0 Å². The maximum Gasteiger partial charge on any atom is 1.00 e. The Balaban J connectivity index is 0.000000286. The van der Waals surface area contributed by atoms with Crippen LogP contribution in [0.5, 0.6) is 0 Å². The maximum absolute atomic E-state index is 13.0. The third-order valence-electron chi connectivity index (χ3n) is 10.1. The fourth-order valence-electron chi connectivity index (χ4n) is 7.19. The first kappa shape index (κ1) is 50.4. The van der Waals surface area contributed by atoms with Crippen LogP contribution in [0.15, 0.2) is 122 Å². The van der Waals surface area contributed by atoms with E-state index in [9.17, 15) is 14.7 Å². The van der Waals surface area contributed by atoms with Crippen molar-refractivity contribution in [3.8, 4) is 0 Å². The van der Waals surface area contributed by atoms with E-state index in [1.165, 1.54) is 35.1 Å². The van der Waals surface area contributed by atoms with Crippen LogP contribution < -0.4 is 24.6 Å². The molecular weight excluding hydrogens is 747 g/mol. The van der Waals surface area contributed by atoms with Gasteiger partial charge < -0.3 is 35.4 Å². The second-order valence-corrected chi connectivity index (χ2v) is 15.2. The number of benzene rings is 4. The van der Waals surface area contributed by atoms with Gasteiger partial charge >= 0.3 is 18.9 Å². The van der Waals surface area contributed by atoms with Gasteiger partial charge in [-0.05, 0) is 91.4 Å². The number of carbonyl (C=O) groups is 2. The molecule has 4 atom stereocenters. The molecule has 9 nitrogen and oxygen atoms in total. The van der Waals surface area contributed by atoms with Crippen LogP contribution >= 0.6 is 11.6 Å². The van der Waals surface area contributed by atoms with Crippen molar-refractivity contribution in [1.29, 1.82) is 0 Å². The number of aliphatic hydroxyl groups excluding tert-OH is 1. The molecule has 4 aromatic carbocycles. The van der Waals surface area contributed by atoms with Gasteiger partial charge in [-0.3, -0.25) is 9.59 Å². The zero-order valence-electron chi connectivity index (χ0n) is 34.8. The summed E-state index contributed by atoms with van der Waals surface area (Å²) in [6.07, 6.45) is 6.30. The first-order chi connectivity index (χ1) is 26.9. The van der Waals surface area contributed by atoms with Gasteiger partial charge in [0.25, 0.3) is 0 Å². The first-order valence-corrected chi connectivity index (χ1v) is 19.9. The quantitative estimate of drug-likeness (QED) is 0.139. The number of rotatable bonds is 7. The van der Waals surface area contributed by atoms with Crippen LogP contribution in [0, 0.1) is 0 Å². The molecule has 2 aliphatic heterocycles. The minimum absolute atomic E-state index is 0. The number of nitrogens with two attached hydrogens (primary N) is 1. The van der Waals surface area contributed by atoms with Crippen LogP contribution in [0.3, 0.4) is 0 Å². The molecule has 0 unspecified atom stereocenters. The summed E-state index contributed by atoms with van der Waals surface area (Å²) in [6, 6.07) is 36.2. The third kappa shape index (κ3) is 15.4. The van der Waals surface area contributed by atoms with E-state index in [0.717, 1.165) is 49.4 Å². The summed E-state index contributed by atoms with van der Waals surface area (Å²) >= 11 is 5.19. The summed E-state index contributed by atoms with van der Waals surface area (Å²) in [5, 5.41) is 9.12. The van der Waals surface area contributed by atoms with Crippen molar-refractivity contribution in [2.75, 3.05) is 20.3 Å². The van der Waals surface area contributed by atoms with Crippen LogP contribution in [0.25, 0.3) is 0 Å². The van der Waals surface area contributed by atoms with E-state index in [1.54, 1.807) is 14.0 Å². The molecule has 58 heavy (non-hydrogen) atoms. The topological polar surface area (TPSA) is 141 Å². The Morgan fingerprint density at radius 1 is 0.828 bits per heavy atom. The Kier molecular flexibility index (Phi) is 22.3. The van der Waals surface area contributed by atoms with Crippen molar-refractivity contribution < 1.29 is 53.2 Å².